The van der Waals surface area contributed by atoms with Crippen LogP contribution in [-0.2, 0) is 56.4 Å². The van der Waals surface area contributed by atoms with Crippen LogP contribution < -0.4 is 0 Å². The Balaban J connectivity index is 1.48. The van der Waals surface area contributed by atoms with Gasteiger partial charge in [-0.1, -0.05) is 0 Å². The second kappa shape index (κ2) is 7.53. The third-order valence-corrected chi connectivity index (χ3v) is 7.64. The maximum absolute atomic E-state index is 6.29. The fraction of sp³-hybridized carbons (Fsp3) is 0.684. The van der Waals surface area contributed by atoms with Crippen LogP contribution in [0.25, 0.3) is 0 Å². The van der Waals surface area contributed by atoms with Crippen LogP contribution in [0.3, 0.4) is 0 Å². The number of hydrogen-bond donors (Lipinski definition) is 0. The van der Waals surface area contributed by atoms with Crippen LogP contribution in [0.5, 0.6) is 0 Å². The zero-order valence-corrected chi connectivity index (χ0v) is 20.4. The predicted molar refractivity (Wildman–Crippen MR) is 86.4 cm³/mol. The first kappa shape index (κ1) is 18.3. The molecule has 132 valence electrons. The van der Waals surface area contributed by atoms with Gasteiger partial charge in [-0.25, -0.2) is 0 Å². The predicted octanol–water partition coefficient (Wildman–Crippen LogP) is 2.96. The van der Waals surface area contributed by atoms with Crippen LogP contribution in [0.1, 0.15) is 32.3 Å². The third kappa shape index (κ3) is 3.97. The Morgan fingerprint density at radius 1 is 1.08 bits per heavy atom. The Bertz CT molecular complexity index is 580. The van der Waals surface area contributed by atoms with E-state index in [1.54, 1.807) is 0 Å². The minimum absolute atomic E-state index is 0.0789. The van der Waals surface area contributed by atoms with Crippen molar-refractivity contribution >= 4 is 0 Å². The quantitative estimate of drug-likeness (QED) is 0.545. The number of benzene rings is 1. The topological polar surface area (TPSA) is 46.2 Å². The summed E-state index contributed by atoms with van der Waals surface area (Å²) in [5.41, 5.74) is 1.15. The molecule has 3 heterocycles. The Hall–Kier alpha value is -0.0449. The molecule has 1 aromatic rings. The van der Waals surface area contributed by atoms with Crippen molar-refractivity contribution in [1.29, 1.82) is 0 Å². The van der Waals surface area contributed by atoms with E-state index in [-0.39, 0.29) is 30.7 Å². The fourth-order valence-electron chi connectivity index (χ4n) is 3.95. The van der Waals surface area contributed by atoms with Crippen LogP contribution in [-0.4, -0.2) is 42.6 Å². The van der Waals surface area contributed by atoms with E-state index in [4.69, 9.17) is 23.7 Å². The SMILES string of the molecule is CC1(C)O[C@H]2O[C@H]([C@@H]3CC[C@@H]([CH2][Hg+])O3)[C@H](OCc3ccccc3)[C@H]2O1. The second-order valence-electron chi connectivity index (χ2n) is 7.49. The van der Waals surface area contributed by atoms with E-state index >= 15 is 0 Å². The molecule has 0 radical (unpaired) electrons. The molecule has 5 nitrogen and oxygen atoms in total. The molecular weight excluding hydrogens is 509 g/mol. The van der Waals surface area contributed by atoms with Crippen LogP contribution in [0, 0.1) is 0 Å². The van der Waals surface area contributed by atoms with E-state index in [0.717, 1.165) is 44.5 Å². The molecule has 0 amide bonds. The van der Waals surface area contributed by atoms with Gasteiger partial charge in [0.15, 0.2) is 0 Å². The fourth-order valence-corrected chi connectivity index (χ4v) is 5.60. The Labute approximate surface area is 165 Å². The number of ether oxygens (including phenoxy) is 5. The van der Waals surface area contributed by atoms with Gasteiger partial charge in [0.2, 0.25) is 0 Å². The van der Waals surface area contributed by atoms with Gasteiger partial charge in [0, 0.05) is 0 Å². The molecule has 3 fully saturated rings. The summed E-state index contributed by atoms with van der Waals surface area (Å²) in [5, 5.41) is 0. The molecule has 0 spiro atoms. The van der Waals surface area contributed by atoms with Crippen molar-refractivity contribution < 1.29 is 49.8 Å². The summed E-state index contributed by atoms with van der Waals surface area (Å²) in [6.07, 6.45) is 1.77. The van der Waals surface area contributed by atoms with Gasteiger partial charge in [0.25, 0.3) is 0 Å². The third-order valence-electron chi connectivity index (χ3n) is 5.14. The molecular formula is C19H25HgO5+. The summed E-state index contributed by atoms with van der Waals surface area (Å²) in [6.45, 7) is 4.38. The average molecular weight is 534 g/mol. The Morgan fingerprint density at radius 3 is 2.60 bits per heavy atom. The molecule has 0 saturated carbocycles. The molecule has 3 aliphatic heterocycles. The van der Waals surface area contributed by atoms with Gasteiger partial charge in [-0.15, -0.1) is 0 Å². The molecule has 0 N–H and O–H groups in total. The van der Waals surface area contributed by atoms with Gasteiger partial charge < -0.3 is 0 Å². The van der Waals surface area contributed by atoms with Gasteiger partial charge in [-0.2, -0.15) is 0 Å². The summed E-state index contributed by atoms with van der Waals surface area (Å²) >= 11 is 0.769. The molecule has 6 atom stereocenters. The van der Waals surface area contributed by atoms with Crippen molar-refractivity contribution in [1.82, 2.24) is 0 Å². The van der Waals surface area contributed by atoms with E-state index in [9.17, 15) is 0 Å². The van der Waals surface area contributed by atoms with Crippen molar-refractivity contribution in [3.05, 3.63) is 35.9 Å². The average Bonchev–Trinajstić information content (AvgIpc) is 3.26. The molecule has 6 heteroatoms. The molecule has 3 aliphatic rings. The van der Waals surface area contributed by atoms with Gasteiger partial charge in [0.1, 0.15) is 0 Å². The van der Waals surface area contributed by atoms with Crippen LogP contribution in [0.4, 0.5) is 0 Å². The summed E-state index contributed by atoms with van der Waals surface area (Å²) in [5.74, 6) is -0.634. The monoisotopic (exact) mass is 535 g/mol. The normalized spacial score (nSPS) is 39.7. The first-order valence-corrected chi connectivity index (χ1v) is 13.1. The van der Waals surface area contributed by atoms with Gasteiger partial charge in [-0.3, -0.25) is 0 Å². The summed E-state index contributed by atoms with van der Waals surface area (Å²) in [6, 6.07) is 10.2. The van der Waals surface area contributed by atoms with Crippen LogP contribution in [0.15, 0.2) is 30.3 Å². The van der Waals surface area contributed by atoms with E-state index in [1.807, 2.05) is 32.0 Å². The number of fused-ring (bicyclic) bond motifs is 1. The summed E-state index contributed by atoms with van der Waals surface area (Å²) in [4.78, 5) is 0. The zero-order chi connectivity index (χ0) is 17.4. The van der Waals surface area contributed by atoms with Gasteiger partial charge >= 0.3 is 166 Å². The van der Waals surface area contributed by atoms with Crippen molar-refractivity contribution in [2.45, 2.75) is 79.8 Å². The summed E-state index contributed by atoms with van der Waals surface area (Å²) in [7, 11) is 0. The first-order chi connectivity index (χ1) is 12.1. The van der Waals surface area contributed by atoms with Crippen molar-refractivity contribution in [2.75, 3.05) is 0 Å². The molecule has 25 heavy (non-hydrogen) atoms. The van der Waals surface area contributed by atoms with Crippen molar-refractivity contribution in [3.63, 3.8) is 0 Å². The van der Waals surface area contributed by atoms with Crippen molar-refractivity contribution in [2.24, 2.45) is 0 Å². The molecule has 0 unspecified atom stereocenters. The van der Waals surface area contributed by atoms with E-state index in [1.165, 1.54) is 3.93 Å². The molecule has 0 aromatic heterocycles. The van der Waals surface area contributed by atoms with Crippen LogP contribution in [0.2, 0.25) is 3.93 Å². The Morgan fingerprint density at radius 2 is 1.88 bits per heavy atom. The standard InChI is InChI=1S/C19H25O5.Hg/c1-12-9-10-14(21-12)15-16(20-11-13-7-5-4-6-8-13)17-18(22-15)24-19(2,3)23-17;/h4-8,12,14-18H,1,9-11H2,2-3H3;/q;+1/t12-,14+,15-,16+,17-,18-;/m1./s1. The minimum atomic E-state index is -0.634. The molecule has 4 rings (SSSR count). The maximum atomic E-state index is 6.29. The number of hydrogen-bond acceptors (Lipinski definition) is 5. The van der Waals surface area contributed by atoms with E-state index in [0.29, 0.717) is 12.7 Å². The first-order valence-electron chi connectivity index (χ1n) is 9.17. The van der Waals surface area contributed by atoms with Crippen molar-refractivity contribution in [3.8, 4) is 0 Å². The summed E-state index contributed by atoms with van der Waals surface area (Å²) < 4.78 is 32.0. The van der Waals surface area contributed by atoms with E-state index < -0.39 is 5.79 Å². The number of rotatable bonds is 5. The zero-order valence-electron chi connectivity index (χ0n) is 14.9. The second-order valence-corrected chi connectivity index (χ2v) is 9.74. The molecule has 0 aliphatic carbocycles. The van der Waals surface area contributed by atoms with E-state index in [2.05, 4.69) is 12.1 Å². The van der Waals surface area contributed by atoms with Gasteiger partial charge in [0.05, 0.1) is 0 Å². The molecule has 0 bridgehead atoms. The Kier molecular flexibility index (Phi) is 5.52. The molecule has 3 saturated heterocycles. The van der Waals surface area contributed by atoms with Gasteiger partial charge in [-0.05, 0) is 0 Å². The van der Waals surface area contributed by atoms with Crippen LogP contribution >= 0.6 is 0 Å². The molecule has 1 aromatic carbocycles.